The second-order valence-corrected chi connectivity index (χ2v) is 4.87. The molecule has 0 aromatic carbocycles. The second kappa shape index (κ2) is 4.30. The monoisotopic (exact) mass is 178 g/mol. The standard InChI is InChI=1S/C13H22/c1-2-4-11-7-9-12-5-3-6-13(12)10-8-11/h7,9,11-13H,2-6,8,10H2,1H3. The van der Waals surface area contributed by atoms with Crippen molar-refractivity contribution in [3.63, 3.8) is 0 Å². The van der Waals surface area contributed by atoms with Crippen LogP contribution in [0.15, 0.2) is 12.2 Å². The molecule has 1 saturated carbocycles. The Morgan fingerprint density at radius 1 is 1.08 bits per heavy atom. The maximum Gasteiger partial charge on any atom is -0.0205 e. The third-order valence-electron chi connectivity index (χ3n) is 3.92. The summed E-state index contributed by atoms with van der Waals surface area (Å²) in [4.78, 5) is 0. The van der Waals surface area contributed by atoms with Gasteiger partial charge in [-0.1, -0.05) is 31.9 Å². The van der Waals surface area contributed by atoms with Gasteiger partial charge in [0.25, 0.3) is 0 Å². The molecular weight excluding hydrogens is 156 g/mol. The lowest BCUT2D eigenvalue weighted by molar-refractivity contribution is 0.396. The van der Waals surface area contributed by atoms with E-state index in [0.29, 0.717) is 0 Å². The van der Waals surface area contributed by atoms with Crippen molar-refractivity contribution in [3.05, 3.63) is 12.2 Å². The van der Waals surface area contributed by atoms with Gasteiger partial charge in [-0.05, 0) is 49.9 Å². The molecule has 74 valence electrons. The van der Waals surface area contributed by atoms with Gasteiger partial charge < -0.3 is 0 Å². The zero-order valence-electron chi connectivity index (χ0n) is 8.84. The van der Waals surface area contributed by atoms with Gasteiger partial charge >= 0.3 is 0 Å². The molecule has 2 aliphatic rings. The van der Waals surface area contributed by atoms with Crippen molar-refractivity contribution in [2.45, 2.75) is 51.9 Å². The number of hydrogen-bond acceptors (Lipinski definition) is 0. The van der Waals surface area contributed by atoms with Gasteiger partial charge in [0, 0.05) is 0 Å². The average molecular weight is 178 g/mol. The van der Waals surface area contributed by atoms with Crippen molar-refractivity contribution in [2.75, 3.05) is 0 Å². The maximum atomic E-state index is 2.55. The molecule has 0 bridgehead atoms. The lowest BCUT2D eigenvalue weighted by Gasteiger charge is -2.13. The molecule has 0 radical (unpaired) electrons. The van der Waals surface area contributed by atoms with Crippen LogP contribution in [0.2, 0.25) is 0 Å². The van der Waals surface area contributed by atoms with Crippen molar-refractivity contribution < 1.29 is 0 Å². The summed E-state index contributed by atoms with van der Waals surface area (Å²) < 4.78 is 0. The predicted octanol–water partition coefficient (Wildman–Crippen LogP) is 4.17. The van der Waals surface area contributed by atoms with Crippen molar-refractivity contribution >= 4 is 0 Å². The summed E-state index contributed by atoms with van der Waals surface area (Å²) >= 11 is 0. The van der Waals surface area contributed by atoms with Gasteiger partial charge in [0.15, 0.2) is 0 Å². The van der Waals surface area contributed by atoms with E-state index in [1.54, 1.807) is 0 Å². The molecule has 0 spiro atoms. The molecular formula is C13H22. The van der Waals surface area contributed by atoms with Crippen LogP contribution >= 0.6 is 0 Å². The van der Waals surface area contributed by atoms with Gasteiger partial charge in [-0.3, -0.25) is 0 Å². The van der Waals surface area contributed by atoms with Crippen LogP contribution in [-0.4, -0.2) is 0 Å². The van der Waals surface area contributed by atoms with E-state index in [2.05, 4.69) is 19.1 Å². The summed E-state index contributed by atoms with van der Waals surface area (Å²) in [5, 5.41) is 0. The van der Waals surface area contributed by atoms with Crippen LogP contribution < -0.4 is 0 Å². The fraction of sp³-hybridized carbons (Fsp3) is 0.846. The molecule has 0 heteroatoms. The first-order chi connectivity index (χ1) is 6.40. The Morgan fingerprint density at radius 3 is 2.85 bits per heavy atom. The van der Waals surface area contributed by atoms with Gasteiger partial charge in [0.2, 0.25) is 0 Å². The Morgan fingerprint density at radius 2 is 2.00 bits per heavy atom. The molecule has 0 N–H and O–H groups in total. The molecule has 0 heterocycles. The van der Waals surface area contributed by atoms with Gasteiger partial charge in [-0.15, -0.1) is 0 Å². The van der Waals surface area contributed by atoms with Crippen LogP contribution in [0.5, 0.6) is 0 Å². The molecule has 0 aromatic heterocycles. The number of allylic oxidation sites excluding steroid dienone is 2. The number of hydrogen-bond donors (Lipinski definition) is 0. The van der Waals surface area contributed by atoms with E-state index < -0.39 is 0 Å². The first-order valence-corrected chi connectivity index (χ1v) is 6.08. The maximum absolute atomic E-state index is 2.55. The topological polar surface area (TPSA) is 0 Å². The normalized spacial score (nSPS) is 38.7. The molecule has 13 heavy (non-hydrogen) atoms. The van der Waals surface area contributed by atoms with E-state index in [4.69, 9.17) is 0 Å². The predicted molar refractivity (Wildman–Crippen MR) is 57.6 cm³/mol. The first kappa shape index (κ1) is 9.30. The molecule has 3 atom stereocenters. The fourth-order valence-corrected chi connectivity index (χ4v) is 3.11. The van der Waals surface area contributed by atoms with Crippen LogP contribution in [-0.2, 0) is 0 Å². The van der Waals surface area contributed by atoms with Crippen LogP contribution in [0.3, 0.4) is 0 Å². The summed E-state index contributed by atoms with van der Waals surface area (Å²) in [7, 11) is 0. The SMILES string of the molecule is CCCC1C=CC2CCCC2CC1. The van der Waals surface area contributed by atoms with E-state index in [9.17, 15) is 0 Å². The average Bonchev–Trinajstić information content (AvgIpc) is 2.50. The Labute approximate surface area is 82.4 Å². The van der Waals surface area contributed by atoms with Crippen molar-refractivity contribution in [2.24, 2.45) is 17.8 Å². The van der Waals surface area contributed by atoms with E-state index in [1.165, 1.54) is 44.9 Å². The Kier molecular flexibility index (Phi) is 3.08. The summed E-state index contributed by atoms with van der Waals surface area (Å²) in [5.41, 5.74) is 0. The van der Waals surface area contributed by atoms with E-state index in [1.807, 2.05) is 0 Å². The minimum absolute atomic E-state index is 0.913. The van der Waals surface area contributed by atoms with Crippen LogP contribution in [0, 0.1) is 17.8 Å². The summed E-state index contributed by atoms with van der Waals surface area (Å²) in [5.74, 6) is 2.93. The first-order valence-electron chi connectivity index (χ1n) is 6.08. The molecule has 0 aliphatic heterocycles. The van der Waals surface area contributed by atoms with Gasteiger partial charge in [-0.25, -0.2) is 0 Å². The molecule has 0 amide bonds. The molecule has 1 fully saturated rings. The van der Waals surface area contributed by atoms with Crippen LogP contribution in [0.4, 0.5) is 0 Å². The highest BCUT2D eigenvalue weighted by Gasteiger charge is 2.27. The largest absolute Gasteiger partial charge is 0.0851 e. The minimum Gasteiger partial charge on any atom is -0.0851 e. The fourth-order valence-electron chi connectivity index (χ4n) is 3.11. The van der Waals surface area contributed by atoms with Crippen molar-refractivity contribution in [3.8, 4) is 0 Å². The van der Waals surface area contributed by atoms with E-state index in [-0.39, 0.29) is 0 Å². The summed E-state index contributed by atoms with van der Waals surface area (Å²) in [6.45, 7) is 2.31. The Hall–Kier alpha value is -0.260. The van der Waals surface area contributed by atoms with Crippen LogP contribution in [0.1, 0.15) is 51.9 Å². The molecule has 0 aromatic rings. The zero-order chi connectivity index (χ0) is 9.10. The van der Waals surface area contributed by atoms with Gasteiger partial charge in [0.05, 0.1) is 0 Å². The highest BCUT2D eigenvalue weighted by Crippen LogP contribution is 2.39. The molecule has 3 unspecified atom stereocenters. The smallest absolute Gasteiger partial charge is 0.0205 e. The Balaban J connectivity index is 1.94. The minimum atomic E-state index is 0.913. The highest BCUT2D eigenvalue weighted by molar-refractivity contribution is 5.00. The lowest BCUT2D eigenvalue weighted by atomic mass is 9.92. The second-order valence-electron chi connectivity index (χ2n) is 4.87. The third-order valence-corrected chi connectivity index (χ3v) is 3.92. The van der Waals surface area contributed by atoms with Crippen LogP contribution in [0.25, 0.3) is 0 Å². The molecule has 2 aliphatic carbocycles. The number of fused-ring (bicyclic) bond motifs is 1. The van der Waals surface area contributed by atoms with Gasteiger partial charge in [0.1, 0.15) is 0 Å². The number of rotatable bonds is 2. The van der Waals surface area contributed by atoms with E-state index >= 15 is 0 Å². The molecule has 0 saturated heterocycles. The lowest BCUT2D eigenvalue weighted by Crippen LogP contribution is -2.03. The van der Waals surface area contributed by atoms with E-state index in [0.717, 1.165) is 17.8 Å². The third kappa shape index (κ3) is 2.15. The Bertz CT molecular complexity index is 180. The van der Waals surface area contributed by atoms with Crippen molar-refractivity contribution in [1.82, 2.24) is 0 Å². The summed E-state index contributed by atoms with van der Waals surface area (Å²) in [6, 6.07) is 0. The van der Waals surface area contributed by atoms with Gasteiger partial charge in [-0.2, -0.15) is 0 Å². The molecule has 0 nitrogen and oxygen atoms in total. The molecule has 2 rings (SSSR count). The summed E-state index contributed by atoms with van der Waals surface area (Å²) in [6.07, 6.45) is 15.3. The zero-order valence-corrected chi connectivity index (χ0v) is 8.84. The highest BCUT2D eigenvalue weighted by atomic mass is 14.3. The van der Waals surface area contributed by atoms with Crippen molar-refractivity contribution in [1.29, 1.82) is 0 Å². The quantitative estimate of drug-likeness (QED) is 0.557.